The number of carbonyl (C=O) groups excluding carboxylic acids is 1. The average molecular weight is 344 g/mol. The molecule has 1 saturated heterocycles. The summed E-state index contributed by atoms with van der Waals surface area (Å²) in [4.78, 5) is 14.1. The van der Waals surface area contributed by atoms with Gasteiger partial charge in [-0.1, -0.05) is 6.42 Å². The Kier molecular flexibility index (Phi) is 5.21. The molecule has 2 heterocycles. The Bertz CT molecular complexity index is 487. The molecule has 112 valence electrons. The van der Waals surface area contributed by atoms with Crippen molar-refractivity contribution in [2.75, 3.05) is 13.7 Å². The smallest absolute Gasteiger partial charge is 0.323 e. The maximum absolute atomic E-state index is 11.9. The molecule has 0 spiro atoms. The number of aryl methyl sites for hydroxylation is 2. The number of piperidine rings is 1. The second-order valence-electron chi connectivity index (χ2n) is 5.17. The van der Waals surface area contributed by atoms with Crippen LogP contribution >= 0.6 is 15.9 Å². The molecule has 1 aliphatic heterocycles. The first-order chi connectivity index (χ1) is 9.58. The standard InChI is InChI=1S/C14H22BrN3O2/c1-4-18-12(13(15)10(2)16-18)9-17-8-6-5-7-11(17)14(19)20-3/h11H,4-9H2,1-3H3. The fourth-order valence-electron chi connectivity index (χ4n) is 2.80. The van der Waals surface area contributed by atoms with Gasteiger partial charge in [0, 0.05) is 13.1 Å². The minimum atomic E-state index is -0.125. The molecule has 5 nitrogen and oxygen atoms in total. The van der Waals surface area contributed by atoms with Gasteiger partial charge in [0.1, 0.15) is 6.04 Å². The van der Waals surface area contributed by atoms with Gasteiger partial charge in [0.2, 0.25) is 0 Å². The number of nitrogens with zero attached hydrogens (tertiary/aromatic N) is 3. The second-order valence-corrected chi connectivity index (χ2v) is 5.96. The lowest BCUT2D eigenvalue weighted by atomic mass is 10.0. The molecular formula is C14H22BrN3O2. The van der Waals surface area contributed by atoms with Gasteiger partial charge in [-0.15, -0.1) is 0 Å². The second kappa shape index (κ2) is 6.72. The summed E-state index contributed by atoms with van der Waals surface area (Å²) >= 11 is 3.62. The number of ether oxygens (including phenoxy) is 1. The molecule has 2 rings (SSSR count). The van der Waals surface area contributed by atoms with Crippen molar-refractivity contribution in [2.45, 2.75) is 52.2 Å². The highest BCUT2D eigenvalue weighted by atomic mass is 79.9. The number of methoxy groups -OCH3 is 1. The van der Waals surface area contributed by atoms with Crippen molar-refractivity contribution in [3.05, 3.63) is 15.9 Å². The SMILES string of the molecule is CCn1nc(C)c(Br)c1CN1CCCCC1C(=O)OC. The van der Waals surface area contributed by atoms with Crippen molar-refractivity contribution in [2.24, 2.45) is 0 Å². The third kappa shape index (κ3) is 3.06. The molecule has 1 aromatic rings. The lowest BCUT2D eigenvalue weighted by molar-refractivity contribution is -0.148. The molecule has 6 heteroatoms. The van der Waals surface area contributed by atoms with Crippen LogP contribution in [0.3, 0.4) is 0 Å². The maximum atomic E-state index is 11.9. The molecule has 0 aromatic carbocycles. The molecule has 1 unspecified atom stereocenters. The van der Waals surface area contributed by atoms with Crippen molar-refractivity contribution in [3.8, 4) is 0 Å². The van der Waals surface area contributed by atoms with E-state index in [9.17, 15) is 4.79 Å². The van der Waals surface area contributed by atoms with E-state index in [1.165, 1.54) is 7.11 Å². The van der Waals surface area contributed by atoms with E-state index in [1.54, 1.807) is 0 Å². The van der Waals surface area contributed by atoms with Crippen molar-refractivity contribution >= 4 is 21.9 Å². The quantitative estimate of drug-likeness (QED) is 0.788. The van der Waals surface area contributed by atoms with Crippen molar-refractivity contribution in [3.63, 3.8) is 0 Å². The molecular weight excluding hydrogens is 322 g/mol. The summed E-state index contributed by atoms with van der Waals surface area (Å²) in [6.07, 6.45) is 3.09. The fourth-order valence-corrected chi connectivity index (χ4v) is 3.20. The number of halogens is 1. The molecule has 20 heavy (non-hydrogen) atoms. The van der Waals surface area contributed by atoms with E-state index >= 15 is 0 Å². The minimum absolute atomic E-state index is 0.124. The van der Waals surface area contributed by atoms with Gasteiger partial charge >= 0.3 is 5.97 Å². The largest absolute Gasteiger partial charge is 0.468 e. The lowest BCUT2D eigenvalue weighted by Crippen LogP contribution is -2.45. The van der Waals surface area contributed by atoms with Crippen LogP contribution in [0.5, 0.6) is 0 Å². The summed E-state index contributed by atoms with van der Waals surface area (Å²) in [5.41, 5.74) is 2.13. The first-order valence-corrected chi connectivity index (χ1v) is 7.91. The molecule has 0 aliphatic carbocycles. The van der Waals surface area contributed by atoms with Crippen LogP contribution in [-0.4, -0.2) is 40.3 Å². The molecule has 1 atom stereocenters. The van der Waals surface area contributed by atoms with Gasteiger partial charge in [-0.2, -0.15) is 5.10 Å². The summed E-state index contributed by atoms with van der Waals surface area (Å²) in [6.45, 7) is 6.57. The van der Waals surface area contributed by atoms with E-state index in [-0.39, 0.29) is 12.0 Å². The van der Waals surface area contributed by atoms with Gasteiger partial charge in [0.25, 0.3) is 0 Å². The van der Waals surface area contributed by atoms with Gasteiger partial charge in [0.05, 0.1) is 23.0 Å². The highest BCUT2D eigenvalue weighted by Crippen LogP contribution is 2.26. The number of aromatic nitrogens is 2. The zero-order valence-electron chi connectivity index (χ0n) is 12.4. The Morgan fingerprint density at radius 2 is 2.25 bits per heavy atom. The number of hydrogen-bond donors (Lipinski definition) is 0. The highest BCUT2D eigenvalue weighted by Gasteiger charge is 2.30. The normalized spacial score (nSPS) is 20.1. The molecule has 0 radical (unpaired) electrons. The van der Waals surface area contributed by atoms with Gasteiger partial charge in [-0.25, -0.2) is 0 Å². The van der Waals surface area contributed by atoms with Gasteiger partial charge in [0.15, 0.2) is 0 Å². The Morgan fingerprint density at radius 1 is 1.50 bits per heavy atom. The monoisotopic (exact) mass is 343 g/mol. The first kappa shape index (κ1) is 15.5. The summed E-state index contributed by atoms with van der Waals surface area (Å²) < 4.78 is 7.99. The van der Waals surface area contributed by atoms with E-state index in [1.807, 2.05) is 11.6 Å². The van der Waals surface area contributed by atoms with Crippen LogP contribution in [0.2, 0.25) is 0 Å². The lowest BCUT2D eigenvalue weighted by Gasteiger charge is -2.33. The zero-order valence-corrected chi connectivity index (χ0v) is 13.9. The number of carbonyl (C=O) groups is 1. The third-order valence-corrected chi connectivity index (χ3v) is 4.92. The molecule has 0 N–H and O–H groups in total. The number of esters is 1. The van der Waals surface area contributed by atoms with Crippen molar-refractivity contribution < 1.29 is 9.53 Å². The van der Waals surface area contributed by atoms with Crippen LogP contribution in [0.25, 0.3) is 0 Å². The van der Waals surface area contributed by atoms with Crippen molar-refractivity contribution in [1.29, 1.82) is 0 Å². The number of rotatable bonds is 4. The van der Waals surface area contributed by atoms with Crippen LogP contribution in [0, 0.1) is 6.92 Å². The number of hydrogen-bond acceptors (Lipinski definition) is 4. The van der Waals surface area contributed by atoms with Gasteiger partial charge in [-0.05, 0) is 49.2 Å². The Morgan fingerprint density at radius 3 is 2.90 bits per heavy atom. The Labute approximate surface area is 128 Å². The third-order valence-electron chi connectivity index (χ3n) is 3.89. The molecule has 1 fully saturated rings. The van der Waals surface area contributed by atoms with Crippen LogP contribution in [0.4, 0.5) is 0 Å². The number of likely N-dealkylation sites (tertiary alicyclic amines) is 1. The molecule has 1 aromatic heterocycles. The van der Waals surface area contributed by atoms with Crippen LogP contribution in [-0.2, 0) is 22.6 Å². The molecule has 0 bridgehead atoms. The molecule has 1 aliphatic rings. The highest BCUT2D eigenvalue weighted by molar-refractivity contribution is 9.10. The summed E-state index contributed by atoms with van der Waals surface area (Å²) in [6, 6.07) is -0.124. The summed E-state index contributed by atoms with van der Waals surface area (Å²) in [7, 11) is 1.46. The van der Waals surface area contributed by atoms with Crippen LogP contribution < -0.4 is 0 Å². The predicted molar refractivity (Wildman–Crippen MR) is 80.4 cm³/mol. The molecule has 0 saturated carbocycles. The van der Waals surface area contributed by atoms with E-state index in [0.717, 1.165) is 54.8 Å². The minimum Gasteiger partial charge on any atom is -0.468 e. The van der Waals surface area contributed by atoms with E-state index in [4.69, 9.17) is 4.74 Å². The summed E-state index contributed by atoms with van der Waals surface area (Å²) in [5, 5.41) is 4.51. The Balaban J connectivity index is 2.20. The first-order valence-electron chi connectivity index (χ1n) is 7.12. The van der Waals surface area contributed by atoms with Crippen LogP contribution in [0.15, 0.2) is 4.47 Å². The van der Waals surface area contributed by atoms with E-state index < -0.39 is 0 Å². The van der Waals surface area contributed by atoms with E-state index in [0.29, 0.717) is 0 Å². The molecule has 0 amide bonds. The Hall–Kier alpha value is -0.880. The predicted octanol–water partition coefficient (Wildman–Crippen LogP) is 2.50. The maximum Gasteiger partial charge on any atom is 0.323 e. The van der Waals surface area contributed by atoms with Gasteiger partial charge < -0.3 is 4.74 Å². The van der Waals surface area contributed by atoms with Crippen LogP contribution in [0.1, 0.15) is 37.6 Å². The zero-order chi connectivity index (χ0) is 14.7. The summed E-state index contributed by atoms with van der Waals surface area (Å²) in [5.74, 6) is -0.125. The van der Waals surface area contributed by atoms with E-state index in [2.05, 4.69) is 32.9 Å². The average Bonchev–Trinajstić information content (AvgIpc) is 2.74. The topological polar surface area (TPSA) is 47.4 Å². The van der Waals surface area contributed by atoms with Gasteiger partial charge in [-0.3, -0.25) is 14.4 Å². The van der Waals surface area contributed by atoms with Crippen molar-refractivity contribution in [1.82, 2.24) is 14.7 Å². The fraction of sp³-hybridized carbons (Fsp3) is 0.714.